The molecular weight excluding hydrogens is 351 g/mol. The molecule has 0 fully saturated rings. The molecule has 0 bridgehead atoms. The zero-order valence-corrected chi connectivity index (χ0v) is 15.2. The zero-order chi connectivity index (χ0) is 14.7. The van der Waals surface area contributed by atoms with Crippen LogP contribution in [0.1, 0.15) is 25.3 Å². The van der Waals surface area contributed by atoms with Gasteiger partial charge in [0.2, 0.25) is 0 Å². The van der Waals surface area contributed by atoms with E-state index in [1.165, 1.54) is 5.56 Å². The Morgan fingerprint density at radius 1 is 1.00 bits per heavy atom. The highest BCUT2D eigenvalue weighted by atomic mass is 35.5. The minimum atomic E-state index is 0. The molecule has 0 saturated carbocycles. The molecule has 122 valence electrons. The van der Waals surface area contributed by atoms with Crippen molar-refractivity contribution in [2.24, 2.45) is 0 Å². The molecule has 23 heavy (non-hydrogen) atoms. The van der Waals surface area contributed by atoms with Crippen LogP contribution in [0.15, 0.2) is 48.1 Å². The fraction of sp³-hybridized carbons (Fsp3) is 0.188. The van der Waals surface area contributed by atoms with Crippen LogP contribution in [0.25, 0.3) is 11.4 Å². The Bertz CT molecular complexity index is 714. The van der Waals surface area contributed by atoms with Gasteiger partial charge in [-0.3, -0.25) is 4.98 Å². The molecule has 0 aliphatic rings. The smallest absolute Gasteiger partial charge is 0.188 e. The lowest BCUT2D eigenvalue weighted by Crippen LogP contribution is -1.95. The van der Waals surface area contributed by atoms with Crippen LogP contribution in [0, 0.1) is 0 Å². The second kappa shape index (κ2) is 8.82. The summed E-state index contributed by atoms with van der Waals surface area (Å²) in [6, 6.07) is 9.88. The van der Waals surface area contributed by atoms with Gasteiger partial charge in [0, 0.05) is 17.8 Å². The molecule has 3 aromatic heterocycles. The largest absolute Gasteiger partial charge is 0.316 e. The molecule has 0 unspecified atom stereocenters. The minimum absolute atomic E-state index is 0. The van der Waals surface area contributed by atoms with Gasteiger partial charge in [-0.2, -0.15) is 0 Å². The van der Waals surface area contributed by atoms with Gasteiger partial charge in [0.05, 0.1) is 5.69 Å². The topological polar surface area (TPSA) is 50.7 Å². The molecule has 0 aliphatic carbocycles. The molecule has 0 radical (unpaired) electrons. The van der Waals surface area contributed by atoms with Crippen LogP contribution in [0.5, 0.6) is 0 Å². The highest BCUT2D eigenvalue weighted by Gasteiger charge is 2.06. The summed E-state index contributed by atoms with van der Waals surface area (Å²) >= 11 is 1.55. The molecule has 7 heteroatoms. The summed E-state index contributed by atoms with van der Waals surface area (Å²) in [5.74, 6) is 1.29. The fourth-order valence-corrected chi connectivity index (χ4v) is 2.60. The van der Waals surface area contributed by atoms with Gasteiger partial charge in [-0.05, 0) is 29.7 Å². The first-order valence-electron chi connectivity index (χ1n) is 6.82. The molecule has 0 saturated heterocycles. The maximum Gasteiger partial charge on any atom is 0.188 e. The van der Waals surface area contributed by atoms with Gasteiger partial charge in [-0.25, -0.2) is 9.97 Å². The van der Waals surface area contributed by atoms with Crippen molar-refractivity contribution < 1.29 is 0 Å². The van der Waals surface area contributed by atoms with Crippen molar-refractivity contribution in [1.29, 1.82) is 0 Å². The van der Waals surface area contributed by atoms with Crippen LogP contribution in [0.3, 0.4) is 0 Å². The molecule has 0 aromatic carbocycles. The van der Waals surface area contributed by atoms with Crippen molar-refractivity contribution in [3.8, 4) is 11.4 Å². The van der Waals surface area contributed by atoms with Gasteiger partial charge in [0.1, 0.15) is 11.5 Å². The van der Waals surface area contributed by atoms with Gasteiger partial charge in [0.15, 0.2) is 5.13 Å². The lowest BCUT2D eigenvalue weighted by atomic mass is 10.1. The highest BCUT2D eigenvalue weighted by molar-refractivity contribution is 7.14. The van der Waals surface area contributed by atoms with E-state index in [1.807, 2.05) is 35.8 Å². The Morgan fingerprint density at radius 2 is 1.83 bits per heavy atom. The first kappa shape index (κ1) is 19.4. The summed E-state index contributed by atoms with van der Waals surface area (Å²) < 4.78 is 0. The summed E-state index contributed by atoms with van der Waals surface area (Å²) in [7, 11) is 0. The summed E-state index contributed by atoms with van der Waals surface area (Å²) in [6.07, 6.45) is 3.67. The quantitative estimate of drug-likeness (QED) is 0.677. The highest BCUT2D eigenvalue weighted by Crippen LogP contribution is 2.25. The lowest BCUT2D eigenvalue weighted by molar-refractivity contribution is 0.859. The summed E-state index contributed by atoms with van der Waals surface area (Å²) in [5.41, 5.74) is 2.99. The number of aromatic nitrogens is 3. The Hall–Kier alpha value is -1.69. The normalized spacial score (nSPS) is 9.87. The molecule has 0 spiro atoms. The number of nitrogens with one attached hydrogen (secondary N) is 1. The molecule has 0 amide bonds. The van der Waals surface area contributed by atoms with Gasteiger partial charge in [-0.1, -0.05) is 26.0 Å². The number of nitrogens with zero attached hydrogens (tertiary/aromatic N) is 3. The standard InChI is InChI=1S/C16H16N4S.2ClH/c1-11(2)12-6-7-15(18-9-12)20-16-19-14(10-21-16)13-5-3-4-8-17-13;;/h3-11H,1-2H3,(H,18,19,20);2*1H. The molecule has 4 nitrogen and oxygen atoms in total. The van der Waals surface area contributed by atoms with Crippen molar-refractivity contribution in [2.75, 3.05) is 5.32 Å². The van der Waals surface area contributed by atoms with E-state index in [0.717, 1.165) is 22.3 Å². The third kappa shape index (κ3) is 4.89. The van der Waals surface area contributed by atoms with E-state index in [-0.39, 0.29) is 24.8 Å². The Kier molecular flexibility index (Phi) is 7.42. The van der Waals surface area contributed by atoms with Crippen molar-refractivity contribution in [3.05, 3.63) is 53.7 Å². The monoisotopic (exact) mass is 368 g/mol. The number of pyridine rings is 2. The van der Waals surface area contributed by atoms with E-state index in [9.17, 15) is 0 Å². The molecule has 3 rings (SSSR count). The van der Waals surface area contributed by atoms with Crippen molar-refractivity contribution in [2.45, 2.75) is 19.8 Å². The van der Waals surface area contributed by atoms with Gasteiger partial charge in [-0.15, -0.1) is 36.2 Å². The molecular formula is C16H18Cl2N4S. The van der Waals surface area contributed by atoms with Crippen LogP contribution in [-0.4, -0.2) is 15.0 Å². The Labute approximate surface area is 152 Å². The van der Waals surface area contributed by atoms with Gasteiger partial charge < -0.3 is 5.32 Å². The van der Waals surface area contributed by atoms with Gasteiger partial charge in [0.25, 0.3) is 0 Å². The zero-order valence-electron chi connectivity index (χ0n) is 12.8. The van der Waals surface area contributed by atoms with Gasteiger partial charge >= 0.3 is 0 Å². The van der Waals surface area contributed by atoms with Crippen molar-refractivity contribution in [1.82, 2.24) is 15.0 Å². The first-order chi connectivity index (χ1) is 10.2. The Balaban J connectivity index is 0.00000132. The van der Waals surface area contributed by atoms with E-state index in [2.05, 4.69) is 40.2 Å². The molecule has 0 aliphatic heterocycles. The average Bonchev–Trinajstić information content (AvgIpc) is 2.97. The van der Waals surface area contributed by atoms with E-state index in [1.54, 1.807) is 17.5 Å². The van der Waals surface area contributed by atoms with E-state index in [4.69, 9.17) is 0 Å². The average molecular weight is 369 g/mol. The van der Waals surface area contributed by atoms with Crippen LogP contribution in [-0.2, 0) is 0 Å². The number of halogens is 2. The SMILES string of the molecule is CC(C)c1ccc(Nc2nc(-c3ccccn3)cs2)nc1.Cl.Cl. The molecule has 3 heterocycles. The Morgan fingerprint density at radius 3 is 2.43 bits per heavy atom. The second-order valence-electron chi connectivity index (χ2n) is 5.01. The molecule has 0 atom stereocenters. The van der Waals surface area contributed by atoms with Crippen LogP contribution in [0.4, 0.5) is 10.9 Å². The molecule has 3 aromatic rings. The summed E-state index contributed by atoms with van der Waals surface area (Å²) in [5, 5.41) is 6.04. The van der Waals surface area contributed by atoms with Crippen molar-refractivity contribution in [3.63, 3.8) is 0 Å². The minimum Gasteiger partial charge on any atom is -0.316 e. The number of hydrogen-bond donors (Lipinski definition) is 1. The lowest BCUT2D eigenvalue weighted by Gasteiger charge is -2.06. The maximum atomic E-state index is 4.54. The summed E-state index contributed by atoms with van der Waals surface area (Å²) in [6.45, 7) is 4.31. The number of hydrogen-bond acceptors (Lipinski definition) is 5. The van der Waals surface area contributed by atoms with Crippen LogP contribution >= 0.6 is 36.2 Å². The maximum absolute atomic E-state index is 4.54. The molecule has 1 N–H and O–H groups in total. The number of thiazole rings is 1. The van der Waals surface area contributed by atoms with E-state index >= 15 is 0 Å². The first-order valence-corrected chi connectivity index (χ1v) is 7.70. The number of rotatable bonds is 4. The third-order valence-corrected chi connectivity index (χ3v) is 3.88. The van der Waals surface area contributed by atoms with Crippen molar-refractivity contribution >= 4 is 47.1 Å². The fourth-order valence-electron chi connectivity index (χ4n) is 1.89. The van der Waals surface area contributed by atoms with Crippen LogP contribution < -0.4 is 5.32 Å². The number of anilines is 2. The predicted octanol–water partition coefficient (Wildman–Crippen LogP) is 5.31. The second-order valence-corrected chi connectivity index (χ2v) is 5.87. The predicted molar refractivity (Wildman–Crippen MR) is 101 cm³/mol. The van der Waals surface area contributed by atoms with E-state index in [0.29, 0.717) is 5.92 Å². The third-order valence-electron chi connectivity index (χ3n) is 3.12. The summed E-state index contributed by atoms with van der Waals surface area (Å²) in [4.78, 5) is 13.3. The van der Waals surface area contributed by atoms with Crippen LogP contribution in [0.2, 0.25) is 0 Å². The van der Waals surface area contributed by atoms with E-state index < -0.39 is 0 Å².